The lowest BCUT2D eigenvalue weighted by Crippen LogP contribution is -2.68. The van der Waals surface area contributed by atoms with Crippen LogP contribution in [-0.4, -0.2) is 87.8 Å². The first-order chi connectivity index (χ1) is 18.7. The Hall–Kier alpha value is -3.48. The van der Waals surface area contributed by atoms with Crippen molar-refractivity contribution in [2.45, 2.75) is 51.4 Å². The number of phenolic OH excluding ortho intramolecular Hbond substituents is 1. The zero-order valence-corrected chi connectivity index (χ0v) is 23.1. The van der Waals surface area contributed by atoms with E-state index in [-0.39, 0.29) is 23.4 Å². The molecule has 3 aliphatic rings. The summed E-state index contributed by atoms with van der Waals surface area (Å²) in [5.41, 5.74) is 5.40. The Morgan fingerprint density at radius 3 is 2.35 bits per heavy atom. The summed E-state index contributed by atoms with van der Waals surface area (Å²) in [6.07, 6.45) is -3.09. The minimum Gasteiger partial charge on any atom is -0.507 e. The van der Waals surface area contributed by atoms with E-state index in [0.29, 0.717) is 17.9 Å². The molecule has 40 heavy (non-hydrogen) atoms. The largest absolute Gasteiger partial charge is 0.507 e. The van der Waals surface area contributed by atoms with Crippen molar-refractivity contribution in [3.63, 3.8) is 0 Å². The van der Waals surface area contributed by atoms with Gasteiger partial charge in [0, 0.05) is 23.5 Å². The fraction of sp³-hybridized carbons (Fsp3) is 0.571. The molecule has 0 bridgehead atoms. The van der Waals surface area contributed by atoms with Crippen LogP contribution in [0.2, 0.25) is 0 Å². The van der Waals surface area contributed by atoms with Crippen molar-refractivity contribution in [3.05, 3.63) is 28.8 Å². The number of nitrogens with two attached hydrogens (primary N) is 1. The molecule has 2 fully saturated rings. The summed E-state index contributed by atoms with van der Waals surface area (Å²) in [4.78, 5) is 53.3. The highest BCUT2D eigenvalue weighted by molar-refractivity contribution is 6.19. The SMILES string of the molecule is CC(C)CCOC(=O)Nc1ccc2c(c1O)C(O)=C1C(=O)C3C(=O)C(C(N)=O)C(O)C(N(C)C)C3[C@@H](O)C1[C@H]2C. The average molecular weight is 560 g/mol. The first-order valence-corrected chi connectivity index (χ1v) is 13.3. The van der Waals surface area contributed by atoms with Gasteiger partial charge in [0.25, 0.3) is 0 Å². The number of benzene rings is 1. The Morgan fingerprint density at radius 1 is 1.12 bits per heavy atom. The number of fused-ring (bicyclic) bond motifs is 3. The predicted molar refractivity (Wildman–Crippen MR) is 143 cm³/mol. The van der Waals surface area contributed by atoms with Crippen LogP contribution in [0.25, 0.3) is 5.76 Å². The molecule has 218 valence electrons. The monoisotopic (exact) mass is 559 g/mol. The zero-order valence-electron chi connectivity index (χ0n) is 23.1. The van der Waals surface area contributed by atoms with Gasteiger partial charge in [-0.1, -0.05) is 26.8 Å². The first kappa shape index (κ1) is 29.5. The van der Waals surface area contributed by atoms with Gasteiger partial charge in [0.2, 0.25) is 5.91 Å². The summed E-state index contributed by atoms with van der Waals surface area (Å²) in [5.74, 6) is -9.57. The molecule has 3 aliphatic carbocycles. The van der Waals surface area contributed by atoms with Crippen molar-refractivity contribution in [3.8, 4) is 5.75 Å². The number of primary amides is 1. The zero-order chi connectivity index (χ0) is 29.8. The van der Waals surface area contributed by atoms with Crippen LogP contribution in [0.4, 0.5) is 10.5 Å². The summed E-state index contributed by atoms with van der Waals surface area (Å²) in [6, 6.07) is 2.03. The van der Waals surface area contributed by atoms with Crippen molar-refractivity contribution in [2.24, 2.45) is 35.3 Å². The van der Waals surface area contributed by atoms with Gasteiger partial charge >= 0.3 is 6.09 Å². The van der Waals surface area contributed by atoms with Gasteiger partial charge in [0.05, 0.1) is 36.0 Å². The molecule has 0 radical (unpaired) electrons. The van der Waals surface area contributed by atoms with E-state index >= 15 is 0 Å². The average Bonchev–Trinajstić information content (AvgIpc) is 2.84. The van der Waals surface area contributed by atoms with E-state index < -0.39 is 82.9 Å². The van der Waals surface area contributed by atoms with Crippen LogP contribution < -0.4 is 11.1 Å². The van der Waals surface area contributed by atoms with E-state index in [1.54, 1.807) is 32.0 Å². The highest BCUT2D eigenvalue weighted by atomic mass is 16.5. The molecule has 0 saturated heterocycles. The number of nitrogens with one attached hydrogen (secondary N) is 1. The molecule has 2 amide bonds. The third-order valence-electron chi connectivity index (χ3n) is 8.53. The summed E-state index contributed by atoms with van der Waals surface area (Å²) in [5, 5.41) is 47.5. The Kier molecular flexibility index (Phi) is 7.99. The Labute approximate surface area is 231 Å². The molecule has 1 aromatic rings. The second-order valence-corrected chi connectivity index (χ2v) is 11.6. The minimum absolute atomic E-state index is 0.0638. The molecule has 0 aliphatic heterocycles. The number of nitrogens with zero attached hydrogens (tertiary/aromatic N) is 1. The number of hydrogen-bond acceptors (Lipinski definition) is 10. The Bertz CT molecular complexity index is 1270. The van der Waals surface area contributed by atoms with Gasteiger partial charge in [-0.3, -0.25) is 19.7 Å². The van der Waals surface area contributed by atoms with E-state index in [4.69, 9.17) is 10.5 Å². The highest BCUT2D eigenvalue weighted by Crippen LogP contribution is 2.55. The summed E-state index contributed by atoms with van der Waals surface area (Å²) < 4.78 is 5.14. The number of anilines is 1. The van der Waals surface area contributed by atoms with Gasteiger partial charge in [0.1, 0.15) is 17.4 Å². The molecule has 7 N–H and O–H groups in total. The first-order valence-electron chi connectivity index (χ1n) is 13.3. The van der Waals surface area contributed by atoms with Crippen LogP contribution in [-0.2, 0) is 19.1 Å². The van der Waals surface area contributed by atoms with Crippen LogP contribution >= 0.6 is 0 Å². The molecule has 0 spiro atoms. The number of amides is 2. The number of carbonyl (C=O) groups excluding carboxylic acids is 4. The second-order valence-electron chi connectivity index (χ2n) is 11.6. The third kappa shape index (κ3) is 4.63. The minimum atomic E-state index is -1.68. The fourth-order valence-electron chi connectivity index (χ4n) is 6.59. The molecule has 8 atom stereocenters. The van der Waals surface area contributed by atoms with E-state index in [2.05, 4.69) is 5.32 Å². The number of phenols is 1. The van der Waals surface area contributed by atoms with Crippen LogP contribution in [0.15, 0.2) is 17.7 Å². The molecule has 6 unspecified atom stereocenters. The van der Waals surface area contributed by atoms with Gasteiger partial charge < -0.3 is 35.8 Å². The Balaban J connectivity index is 1.78. The number of Topliss-reactive ketones (excluding diaryl/α,β-unsaturated/α-hetero) is 2. The number of likely N-dealkylation sites (N-methyl/N-ethyl adjacent to an activating group) is 1. The van der Waals surface area contributed by atoms with Crippen molar-refractivity contribution in [2.75, 3.05) is 26.0 Å². The predicted octanol–water partition coefficient (Wildman–Crippen LogP) is 1.14. The third-order valence-corrected chi connectivity index (χ3v) is 8.53. The van der Waals surface area contributed by atoms with E-state index in [9.17, 15) is 39.6 Å². The molecule has 0 aromatic heterocycles. The van der Waals surface area contributed by atoms with Crippen LogP contribution in [0.5, 0.6) is 5.75 Å². The molecule has 0 heterocycles. The van der Waals surface area contributed by atoms with E-state index in [1.807, 2.05) is 13.8 Å². The van der Waals surface area contributed by atoms with Crippen LogP contribution in [0.3, 0.4) is 0 Å². The maximum atomic E-state index is 13.9. The molecule has 2 saturated carbocycles. The van der Waals surface area contributed by atoms with Gasteiger partial charge in [-0.25, -0.2) is 4.79 Å². The lowest BCUT2D eigenvalue weighted by atomic mass is 9.54. The summed E-state index contributed by atoms with van der Waals surface area (Å²) >= 11 is 0. The maximum Gasteiger partial charge on any atom is 0.411 e. The maximum absolute atomic E-state index is 13.9. The molecular formula is C28H37N3O9. The standard InChI is InChI=1S/C28H37N3O9/c1-10(2)8-9-40-28(39)30-13-7-6-12-11(3)14-17(23(34)15(12)21(13)32)24(35)18-16(22(14)33)20(31(4)5)26(37)19(25(18)36)27(29)38/h6-7,10-11,14,16,18-20,22,26,32-34,37H,8-9H2,1-5H3,(H2,29,38)(H,30,39)/t11-,14?,16?,18?,19?,20?,22-,26?/m0/s1. The molecule has 4 rings (SSSR count). The molecular weight excluding hydrogens is 522 g/mol. The summed E-state index contributed by atoms with van der Waals surface area (Å²) in [6.45, 7) is 5.83. The summed E-state index contributed by atoms with van der Waals surface area (Å²) in [7, 11) is 3.19. The number of aliphatic hydroxyl groups excluding tert-OH is 3. The number of carbonyl (C=O) groups is 4. The number of ether oxygens (including phenoxy) is 1. The smallest absolute Gasteiger partial charge is 0.411 e. The van der Waals surface area contributed by atoms with Crippen LogP contribution in [0.1, 0.15) is 44.2 Å². The van der Waals surface area contributed by atoms with Crippen molar-refractivity contribution < 1.29 is 44.3 Å². The van der Waals surface area contributed by atoms with Gasteiger partial charge in [-0.2, -0.15) is 0 Å². The normalized spacial score (nSPS) is 31.5. The number of aromatic hydroxyl groups is 1. The molecule has 12 heteroatoms. The van der Waals surface area contributed by atoms with Crippen LogP contribution in [0, 0.1) is 29.6 Å². The van der Waals surface area contributed by atoms with E-state index in [0.717, 1.165) is 0 Å². The quantitative estimate of drug-likeness (QED) is 0.217. The number of ketones is 2. The molecule has 1 aromatic carbocycles. The van der Waals surface area contributed by atoms with Crippen molar-refractivity contribution in [1.29, 1.82) is 0 Å². The van der Waals surface area contributed by atoms with Gasteiger partial charge in [-0.05, 0) is 44.0 Å². The Morgan fingerprint density at radius 2 is 1.77 bits per heavy atom. The topological polar surface area (TPSA) is 200 Å². The van der Waals surface area contributed by atoms with Gasteiger partial charge in [0.15, 0.2) is 11.6 Å². The van der Waals surface area contributed by atoms with Gasteiger partial charge in [-0.15, -0.1) is 0 Å². The highest BCUT2D eigenvalue weighted by Gasteiger charge is 2.63. The fourth-order valence-corrected chi connectivity index (χ4v) is 6.59. The van der Waals surface area contributed by atoms with E-state index in [1.165, 1.54) is 6.07 Å². The number of rotatable bonds is 6. The molecule has 12 nitrogen and oxygen atoms in total. The lowest BCUT2D eigenvalue weighted by Gasteiger charge is -2.53. The second kappa shape index (κ2) is 10.8. The number of hydrogen-bond donors (Lipinski definition) is 6. The van der Waals surface area contributed by atoms with Crippen molar-refractivity contribution in [1.82, 2.24) is 4.90 Å². The van der Waals surface area contributed by atoms with Crippen molar-refractivity contribution >= 4 is 35.0 Å². The number of aliphatic hydroxyl groups is 3. The lowest BCUT2D eigenvalue weighted by molar-refractivity contribution is -0.166.